The molecule has 1 atom stereocenters. The van der Waals surface area contributed by atoms with Gasteiger partial charge in [-0.2, -0.15) is 0 Å². The SMILES string of the molecule is CCC(C)NC(=O)c1csc(CSc2nnc(-c3cccnc3)n2-c2ccccc2F)n1. The maximum absolute atomic E-state index is 14.7. The molecule has 32 heavy (non-hydrogen) atoms. The quantitative estimate of drug-likeness (QED) is 0.376. The van der Waals surface area contributed by atoms with E-state index in [4.69, 9.17) is 0 Å². The molecular formula is C22H21FN6OS2. The Morgan fingerprint density at radius 2 is 2.09 bits per heavy atom. The summed E-state index contributed by atoms with van der Waals surface area (Å²) >= 11 is 2.79. The smallest absolute Gasteiger partial charge is 0.270 e. The molecule has 1 amide bonds. The summed E-state index contributed by atoms with van der Waals surface area (Å²) in [6.45, 7) is 3.97. The second kappa shape index (κ2) is 10.0. The molecule has 0 radical (unpaired) electrons. The van der Waals surface area contributed by atoms with E-state index >= 15 is 0 Å². The molecule has 0 fully saturated rings. The molecule has 0 saturated heterocycles. The molecule has 0 bridgehead atoms. The number of thioether (sulfide) groups is 1. The van der Waals surface area contributed by atoms with Crippen molar-refractivity contribution in [1.29, 1.82) is 0 Å². The number of amides is 1. The highest BCUT2D eigenvalue weighted by Crippen LogP contribution is 2.31. The van der Waals surface area contributed by atoms with E-state index in [9.17, 15) is 9.18 Å². The lowest BCUT2D eigenvalue weighted by Gasteiger charge is -2.10. The average Bonchev–Trinajstić information content (AvgIpc) is 3.46. The van der Waals surface area contributed by atoms with E-state index in [1.54, 1.807) is 46.6 Å². The fourth-order valence-electron chi connectivity index (χ4n) is 2.90. The minimum atomic E-state index is -0.377. The van der Waals surface area contributed by atoms with E-state index in [-0.39, 0.29) is 17.8 Å². The fourth-order valence-corrected chi connectivity index (χ4v) is 4.64. The van der Waals surface area contributed by atoms with Gasteiger partial charge in [0.2, 0.25) is 0 Å². The van der Waals surface area contributed by atoms with Crippen LogP contribution in [0.25, 0.3) is 17.1 Å². The summed E-state index contributed by atoms with van der Waals surface area (Å²) in [6.07, 6.45) is 4.18. The first-order valence-corrected chi connectivity index (χ1v) is 11.9. The number of thiazole rings is 1. The third kappa shape index (κ3) is 4.86. The lowest BCUT2D eigenvalue weighted by Crippen LogP contribution is -2.32. The van der Waals surface area contributed by atoms with Crippen LogP contribution in [-0.2, 0) is 5.75 Å². The van der Waals surface area contributed by atoms with Gasteiger partial charge in [0.1, 0.15) is 16.5 Å². The molecule has 1 aromatic carbocycles. The van der Waals surface area contributed by atoms with Crippen LogP contribution in [0.4, 0.5) is 4.39 Å². The van der Waals surface area contributed by atoms with E-state index < -0.39 is 0 Å². The molecule has 1 N–H and O–H groups in total. The van der Waals surface area contributed by atoms with Gasteiger partial charge in [0, 0.05) is 29.4 Å². The second-order valence-electron chi connectivity index (χ2n) is 7.03. The number of pyridine rings is 1. The number of carbonyl (C=O) groups is 1. The molecule has 7 nitrogen and oxygen atoms in total. The van der Waals surface area contributed by atoms with Crippen LogP contribution >= 0.6 is 23.1 Å². The minimum absolute atomic E-state index is 0.0900. The molecule has 0 aliphatic heterocycles. The molecule has 3 heterocycles. The first kappa shape index (κ1) is 22.1. The van der Waals surface area contributed by atoms with E-state index in [2.05, 4.69) is 25.5 Å². The topological polar surface area (TPSA) is 85.6 Å². The summed E-state index contributed by atoms with van der Waals surface area (Å²) in [5, 5.41) is 14.6. The third-order valence-electron chi connectivity index (χ3n) is 4.75. The summed E-state index contributed by atoms with van der Waals surface area (Å²) in [5.41, 5.74) is 1.48. The highest BCUT2D eigenvalue weighted by atomic mass is 32.2. The zero-order chi connectivity index (χ0) is 22.5. The second-order valence-corrected chi connectivity index (χ2v) is 8.92. The Bertz CT molecular complexity index is 1210. The van der Waals surface area contributed by atoms with Crippen molar-refractivity contribution in [3.63, 3.8) is 0 Å². The van der Waals surface area contributed by atoms with Crippen LogP contribution < -0.4 is 5.32 Å². The molecule has 0 aliphatic carbocycles. The van der Waals surface area contributed by atoms with Crippen molar-refractivity contribution in [2.75, 3.05) is 0 Å². The van der Waals surface area contributed by atoms with Crippen molar-refractivity contribution < 1.29 is 9.18 Å². The maximum Gasteiger partial charge on any atom is 0.270 e. The van der Waals surface area contributed by atoms with Gasteiger partial charge in [0.15, 0.2) is 11.0 Å². The Morgan fingerprint density at radius 3 is 2.84 bits per heavy atom. The Kier molecular flexibility index (Phi) is 6.91. The van der Waals surface area contributed by atoms with Gasteiger partial charge >= 0.3 is 0 Å². The number of hydrogen-bond donors (Lipinski definition) is 1. The summed E-state index contributed by atoms with van der Waals surface area (Å²) in [5.74, 6) is 0.414. The molecule has 0 spiro atoms. The van der Waals surface area contributed by atoms with Gasteiger partial charge in [-0.05, 0) is 37.6 Å². The van der Waals surface area contributed by atoms with Crippen LogP contribution in [0.15, 0.2) is 59.3 Å². The standard InChI is InChI=1S/C22H21FN6OS2/c1-3-14(2)25-21(30)17-12-31-19(26-17)13-32-22-28-27-20(15-7-6-10-24-11-15)29(22)18-9-5-4-8-16(18)23/h4-12,14H,3,13H2,1-2H3,(H,25,30). The molecular weight excluding hydrogens is 447 g/mol. The van der Waals surface area contributed by atoms with Crippen LogP contribution in [0.1, 0.15) is 35.8 Å². The van der Waals surface area contributed by atoms with E-state index in [1.165, 1.54) is 29.2 Å². The highest BCUT2D eigenvalue weighted by Gasteiger charge is 2.20. The Labute approximate surface area is 193 Å². The predicted octanol–water partition coefficient (Wildman–Crippen LogP) is 4.75. The number of para-hydroxylation sites is 1. The van der Waals surface area contributed by atoms with Crippen molar-refractivity contribution in [2.24, 2.45) is 0 Å². The van der Waals surface area contributed by atoms with Gasteiger partial charge in [-0.25, -0.2) is 9.37 Å². The predicted molar refractivity (Wildman–Crippen MR) is 123 cm³/mol. The van der Waals surface area contributed by atoms with Crippen LogP contribution in [0, 0.1) is 5.82 Å². The summed E-state index contributed by atoms with van der Waals surface area (Å²) in [4.78, 5) is 20.9. The van der Waals surface area contributed by atoms with Gasteiger partial charge in [0.05, 0.1) is 11.4 Å². The lowest BCUT2D eigenvalue weighted by atomic mass is 10.2. The molecule has 164 valence electrons. The van der Waals surface area contributed by atoms with Crippen LogP contribution in [0.3, 0.4) is 0 Å². The van der Waals surface area contributed by atoms with Crippen molar-refractivity contribution in [3.05, 3.63) is 70.7 Å². The third-order valence-corrected chi connectivity index (χ3v) is 6.72. The molecule has 0 aliphatic rings. The average molecular weight is 469 g/mol. The number of nitrogens with zero attached hydrogens (tertiary/aromatic N) is 5. The van der Waals surface area contributed by atoms with Crippen molar-refractivity contribution >= 4 is 29.0 Å². The molecule has 3 aromatic heterocycles. The van der Waals surface area contributed by atoms with Crippen molar-refractivity contribution in [2.45, 2.75) is 37.2 Å². The van der Waals surface area contributed by atoms with Crippen LogP contribution in [0.5, 0.6) is 0 Å². The zero-order valence-electron chi connectivity index (χ0n) is 17.5. The number of aromatic nitrogens is 5. The van der Waals surface area contributed by atoms with Crippen LogP contribution in [-0.4, -0.2) is 36.7 Å². The van der Waals surface area contributed by atoms with Gasteiger partial charge in [-0.3, -0.25) is 14.3 Å². The molecule has 1 unspecified atom stereocenters. The Balaban J connectivity index is 1.59. The largest absolute Gasteiger partial charge is 0.348 e. The van der Waals surface area contributed by atoms with E-state index in [0.717, 1.165) is 17.0 Å². The van der Waals surface area contributed by atoms with Gasteiger partial charge in [-0.15, -0.1) is 21.5 Å². The number of benzene rings is 1. The summed E-state index contributed by atoms with van der Waals surface area (Å²) in [6, 6.07) is 10.2. The van der Waals surface area contributed by atoms with Crippen molar-refractivity contribution in [1.82, 2.24) is 30.0 Å². The maximum atomic E-state index is 14.7. The Morgan fingerprint density at radius 1 is 1.25 bits per heavy atom. The number of halogens is 1. The highest BCUT2D eigenvalue weighted by molar-refractivity contribution is 7.98. The van der Waals surface area contributed by atoms with Crippen molar-refractivity contribution in [3.8, 4) is 17.1 Å². The number of carbonyl (C=O) groups excluding carboxylic acids is 1. The first-order valence-electron chi connectivity index (χ1n) is 10.1. The molecule has 4 aromatic rings. The summed E-state index contributed by atoms with van der Waals surface area (Å²) in [7, 11) is 0. The van der Waals surface area contributed by atoms with E-state index in [1.807, 2.05) is 19.9 Å². The Hall–Kier alpha value is -3.11. The number of nitrogens with one attached hydrogen (secondary N) is 1. The molecule has 10 heteroatoms. The zero-order valence-corrected chi connectivity index (χ0v) is 19.2. The minimum Gasteiger partial charge on any atom is -0.348 e. The monoisotopic (exact) mass is 468 g/mol. The molecule has 4 rings (SSSR count). The van der Waals surface area contributed by atoms with Gasteiger partial charge < -0.3 is 5.32 Å². The fraction of sp³-hybridized carbons (Fsp3) is 0.227. The lowest BCUT2D eigenvalue weighted by molar-refractivity contribution is 0.0935. The van der Waals surface area contributed by atoms with Crippen LogP contribution in [0.2, 0.25) is 0 Å². The number of hydrogen-bond acceptors (Lipinski definition) is 7. The number of rotatable bonds is 8. The normalized spacial score (nSPS) is 12.0. The molecule has 0 saturated carbocycles. The van der Waals surface area contributed by atoms with Gasteiger partial charge in [-0.1, -0.05) is 30.8 Å². The first-order chi connectivity index (χ1) is 15.6. The van der Waals surface area contributed by atoms with E-state index in [0.29, 0.717) is 28.1 Å². The summed E-state index contributed by atoms with van der Waals surface area (Å²) < 4.78 is 16.3. The van der Waals surface area contributed by atoms with Gasteiger partial charge in [0.25, 0.3) is 5.91 Å².